The first-order valence-electron chi connectivity index (χ1n) is 7.37. The first-order valence-corrected chi connectivity index (χ1v) is 8.25. The number of thiophene rings is 1. The van der Waals surface area contributed by atoms with Gasteiger partial charge in [-0.2, -0.15) is 0 Å². The van der Waals surface area contributed by atoms with Gasteiger partial charge >= 0.3 is 0 Å². The molecule has 0 bridgehead atoms. The molecule has 20 heavy (non-hydrogen) atoms. The number of nitrogens with one attached hydrogen (secondary N) is 1. The molecule has 2 rings (SSSR count). The van der Waals surface area contributed by atoms with E-state index in [0.29, 0.717) is 31.8 Å². The van der Waals surface area contributed by atoms with Crippen molar-refractivity contribution in [2.24, 2.45) is 0 Å². The van der Waals surface area contributed by atoms with E-state index in [0.717, 1.165) is 19.4 Å². The molecule has 2 N–H and O–H groups in total. The van der Waals surface area contributed by atoms with E-state index < -0.39 is 6.10 Å². The zero-order valence-corrected chi connectivity index (χ0v) is 13.2. The largest absolute Gasteiger partial charge is 0.389 e. The van der Waals surface area contributed by atoms with Crippen molar-refractivity contribution in [1.82, 2.24) is 10.2 Å². The summed E-state index contributed by atoms with van der Waals surface area (Å²) in [6.45, 7) is 5.00. The number of nitrogens with zero attached hydrogens (tertiary/aromatic N) is 1. The Balaban J connectivity index is 1.57. The Bertz CT molecular complexity index is 372. The van der Waals surface area contributed by atoms with Gasteiger partial charge in [0, 0.05) is 23.5 Å². The molecule has 1 aromatic rings. The van der Waals surface area contributed by atoms with Gasteiger partial charge in [-0.05, 0) is 44.8 Å². The number of rotatable bonds is 7. The molecule has 1 aliphatic rings. The average molecular weight is 298 g/mol. The van der Waals surface area contributed by atoms with Crippen LogP contribution in [-0.2, 0) is 11.3 Å². The van der Waals surface area contributed by atoms with Crippen molar-refractivity contribution in [3.05, 3.63) is 22.4 Å². The molecule has 114 valence electrons. The molecule has 1 fully saturated rings. The number of hydrogen-bond acceptors (Lipinski definition) is 5. The van der Waals surface area contributed by atoms with Crippen LogP contribution < -0.4 is 5.32 Å². The molecule has 5 heteroatoms. The summed E-state index contributed by atoms with van der Waals surface area (Å²) >= 11 is 1.68. The maximum Gasteiger partial charge on any atom is 0.0897 e. The number of likely N-dealkylation sites (tertiary alicyclic amines) is 1. The molecule has 3 unspecified atom stereocenters. The first kappa shape index (κ1) is 15.9. The van der Waals surface area contributed by atoms with Crippen molar-refractivity contribution >= 4 is 11.3 Å². The fraction of sp³-hybridized carbons (Fsp3) is 0.733. The summed E-state index contributed by atoms with van der Waals surface area (Å²) < 4.78 is 5.53. The predicted molar refractivity (Wildman–Crippen MR) is 83.1 cm³/mol. The summed E-state index contributed by atoms with van der Waals surface area (Å²) in [5, 5.41) is 15.4. The van der Waals surface area contributed by atoms with Crippen LogP contribution in [0.2, 0.25) is 0 Å². The molecule has 0 aliphatic carbocycles. The molecule has 0 radical (unpaired) electrons. The Hall–Kier alpha value is -0.460. The zero-order chi connectivity index (χ0) is 14.4. The van der Waals surface area contributed by atoms with Gasteiger partial charge in [0.2, 0.25) is 0 Å². The highest BCUT2D eigenvalue weighted by molar-refractivity contribution is 7.09. The summed E-state index contributed by atoms with van der Waals surface area (Å²) in [6, 6.07) is 5.21. The highest BCUT2D eigenvalue weighted by Crippen LogP contribution is 2.15. The molecule has 2 heterocycles. The lowest BCUT2D eigenvalue weighted by molar-refractivity contribution is 0.0267. The molecular weight excluding hydrogens is 272 g/mol. The van der Waals surface area contributed by atoms with Crippen molar-refractivity contribution in [2.75, 3.05) is 26.7 Å². The van der Waals surface area contributed by atoms with Crippen LogP contribution in [0.15, 0.2) is 17.5 Å². The van der Waals surface area contributed by atoms with Crippen LogP contribution in [0.1, 0.15) is 24.6 Å². The second-order valence-corrected chi connectivity index (χ2v) is 6.74. The fourth-order valence-corrected chi connectivity index (χ4v) is 3.17. The SMILES string of the molecule is CC1CC(NCC(O)COCc2cccs2)CCN1C. The van der Waals surface area contributed by atoms with Crippen molar-refractivity contribution in [2.45, 2.75) is 44.6 Å². The quantitative estimate of drug-likeness (QED) is 0.804. The van der Waals surface area contributed by atoms with Crippen molar-refractivity contribution in [3.8, 4) is 0 Å². The molecule has 0 aromatic carbocycles. The summed E-state index contributed by atoms with van der Waals surface area (Å²) in [6.07, 6.45) is 1.88. The number of aliphatic hydroxyl groups excluding tert-OH is 1. The molecule has 3 atom stereocenters. The van der Waals surface area contributed by atoms with E-state index in [2.05, 4.69) is 30.3 Å². The Morgan fingerprint density at radius 3 is 3.15 bits per heavy atom. The van der Waals surface area contributed by atoms with Crippen LogP contribution >= 0.6 is 11.3 Å². The maximum atomic E-state index is 9.93. The van der Waals surface area contributed by atoms with E-state index in [4.69, 9.17) is 4.74 Å². The third kappa shape index (κ3) is 5.14. The maximum absolute atomic E-state index is 9.93. The third-order valence-corrected chi connectivity index (χ3v) is 4.84. The van der Waals surface area contributed by atoms with Gasteiger partial charge in [-0.25, -0.2) is 0 Å². The molecule has 4 nitrogen and oxygen atoms in total. The van der Waals surface area contributed by atoms with Gasteiger partial charge in [0.05, 0.1) is 19.3 Å². The van der Waals surface area contributed by atoms with Crippen LogP contribution in [-0.4, -0.2) is 54.9 Å². The van der Waals surface area contributed by atoms with Crippen LogP contribution in [0.4, 0.5) is 0 Å². The molecular formula is C15H26N2O2S. The number of piperidine rings is 1. The van der Waals surface area contributed by atoms with Gasteiger partial charge in [-0.15, -0.1) is 11.3 Å². The Labute approximate surface area is 125 Å². The monoisotopic (exact) mass is 298 g/mol. The second kappa shape index (κ2) is 8.10. The molecule has 1 aromatic heterocycles. The second-order valence-electron chi connectivity index (χ2n) is 5.71. The Morgan fingerprint density at radius 1 is 1.60 bits per heavy atom. The van der Waals surface area contributed by atoms with Crippen molar-refractivity contribution in [3.63, 3.8) is 0 Å². The highest BCUT2D eigenvalue weighted by Gasteiger charge is 2.22. The summed E-state index contributed by atoms with van der Waals surface area (Å²) in [7, 11) is 2.17. The van der Waals surface area contributed by atoms with Crippen LogP contribution in [0.25, 0.3) is 0 Å². The minimum Gasteiger partial charge on any atom is -0.389 e. The van der Waals surface area contributed by atoms with Gasteiger partial charge < -0.3 is 20.1 Å². The lowest BCUT2D eigenvalue weighted by Crippen LogP contribution is -2.47. The van der Waals surface area contributed by atoms with E-state index in [1.165, 1.54) is 4.88 Å². The topological polar surface area (TPSA) is 44.7 Å². The Kier molecular flexibility index (Phi) is 6.45. The smallest absolute Gasteiger partial charge is 0.0897 e. The van der Waals surface area contributed by atoms with Gasteiger partial charge in [0.15, 0.2) is 0 Å². The van der Waals surface area contributed by atoms with Crippen molar-refractivity contribution in [1.29, 1.82) is 0 Å². The standard InChI is InChI=1S/C15H26N2O2S/c1-12-8-13(5-6-17(12)2)16-9-14(18)10-19-11-15-4-3-7-20-15/h3-4,7,12-14,16,18H,5-6,8-11H2,1-2H3. The Morgan fingerprint density at radius 2 is 2.45 bits per heavy atom. The van der Waals surface area contributed by atoms with Gasteiger partial charge in [-0.1, -0.05) is 6.07 Å². The molecule has 1 saturated heterocycles. The number of aliphatic hydroxyl groups is 1. The minimum absolute atomic E-state index is 0.396. The summed E-state index contributed by atoms with van der Waals surface area (Å²) in [5.74, 6) is 0. The summed E-state index contributed by atoms with van der Waals surface area (Å²) in [5.41, 5.74) is 0. The molecule has 0 spiro atoms. The predicted octanol–water partition coefficient (Wildman–Crippen LogP) is 1.70. The van der Waals surface area contributed by atoms with E-state index in [1.54, 1.807) is 11.3 Å². The fourth-order valence-electron chi connectivity index (χ4n) is 2.53. The molecule has 1 aliphatic heterocycles. The van der Waals surface area contributed by atoms with E-state index in [1.807, 2.05) is 11.4 Å². The molecule has 0 saturated carbocycles. The van der Waals surface area contributed by atoms with Crippen LogP contribution in [0.5, 0.6) is 0 Å². The van der Waals surface area contributed by atoms with E-state index in [9.17, 15) is 5.11 Å². The normalized spacial score (nSPS) is 25.8. The van der Waals surface area contributed by atoms with Gasteiger partial charge in [0.25, 0.3) is 0 Å². The summed E-state index contributed by atoms with van der Waals surface area (Å²) in [4.78, 5) is 3.59. The van der Waals surface area contributed by atoms with E-state index in [-0.39, 0.29) is 0 Å². The average Bonchev–Trinajstić information content (AvgIpc) is 2.93. The van der Waals surface area contributed by atoms with Crippen molar-refractivity contribution < 1.29 is 9.84 Å². The highest BCUT2D eigenvalue weighted by atomic mass is 32.1. The minimum atomic E-state index is -0.426. The lowest BCUT2D eigenvalue weighted by atomic mass is 9.99. The van der Waals surface area contributed by atoms with E-state index >= 15 is 0 Å². The number of hydrogen-bond donors (Lipinski definition) is 2. The third-order valence-electron chi connectivity index (χ3n) is 3.99. The lowest BCUT2D eigenvalue weighted by Gasteiger charge is -2.35. The first-order chi connectivity index (χ1) is 9.65. The molecule has 0 amide bonds. The zero-order valence-electron chi connectivity index (χ0n) is 12.4. The van der Waals surface area contributed by atoms with Gasteiger partial charge in [0.1, 0.15) is 0 Å². The van der Waals surface area contributed by atoms with Crippen LogP contribution in [0, 0.1) is 0 Å². The number of ether oxygens (including phenoxy) is 1. The van der Waals surface area contributed by atoms with Crippen LogP contribution in [0.3, 0.4) is 0 Å². The van der Waals surface area contributed by atoms with Gasteiger partial charge in [-0.3, -0.25) is 0 Å².